The summed E-state index contributed by atoms with van der Waals surface area (Å²) in [4.78, 5) is 211. The molecule has 2 rings (SSSR count). The van der Waals surface area contributed by atoms with Crippen LogP contribution in [0, 0.1) is 29.6 Å². The van der Waals surface area contributed by atoms with Crippen molar-refractivity contribution in [2.45, 2.75) is 252 Å². The third-order valence-corrected chi connectivity index (χ3v) is 18.8. The van der Waals surface area contributed by atoms with Gasteiger partial charge >= 0.3 is 5.97 Å². The number of unbranched alkanes of at least 4 members (excludes halogenated alkanes) is 1. The molecular weight excluding hydrogens is 1430 g/mol. The molecule has 14 amide bonds. The highest BCUT2D eigenvalue weighted by atomic mass is 16.4. The van der Waals surface area contributed by atoms with Crippen LogP contribution in [0.5, 0.6) is 5.75 Å². The number of amides is 14. The summed E-state index contributed by atoms with van der Waals surface area (Å²) in [5, 5.41) is 51.2. The number of carbonyl (C=O) groups excluding carboxylic acids is 14. The molecule has 26 N–H and O–H groups in total. The van der Waals surface area contributed by atoms with Crippen LogP contribution in [-0.2, 0) is 84.8 Å². The predicted molar refractivity (Wildman–Crippen MR) is 410 cm³/mol. The van der Waals surface area contributed by atoms with Crippen molar-refractivity contribution in [2.75, 3.05) is 13.1 Å². The minimum Gasteiger partial charge on any atom is -0.508 e. The van der Waals surface area contributed by atoms with Gasteiger partial charge in [-0.05, 0) is 118 Å². The quantitative estimate of drug-likeness (QED) is 0.0187. The molecule has 0 radical (unpaired) electrons. The number of aromatic hydroxyl groups is 1. The molecule has 0 fully saturated rings. The van der Waals surface area contributed by atoms with E-state index in [9.17, 15) is 82.1 Å². The number of hydrogen-bond acceptors (Lipinski definition) is 19. The molecule has 16 atom stereocenters. The molecule has 0 bridgehead atoms. The van der Waals surface area contributed by atoms with Gasteiger partial charge in [0.1, 0.15) is 78.3 Å². The Bertz CT molecular complexity index is 3430. The van der Waals surface area contributed by atoms with Crippen molar-refractivity contribution >= 4 is 94.6 Å². The Balaban J connectivity index is 2.52. The number of phenolic OH excluding ortho intramolecular Hbond substituents is 1. The first-order chi connectivity index (χ1) is 51.7. The number of carboxylic acids is 1. The summed E-state index contributed by atoms with van der Waals surface area (Å²) in [6, 6.07) is -3.90. The lowest BCUT2D eigenvalue weighted by atomic mass is 9.93. The molecule has 0 aliphatic carbocycles. The van der Waals surface area contributed by atoms with E-state index in [4.69, 9.17) is 34.4 Å². The lowest BCUT2D eigenvalue weighted by Crippen LogP contribution is -2.63. The fourth-order valence-corrected chi connectivity index (χ4v) is 11.2. The number of primary amides is 2. The summed E-state index contributed by atoms with van der Waals surface area (Å²) in [7, 11) is 0. The summed E-state index contributed by atoms with van der Waals surface area (Å²) in [6.07, 6.45) is 0.430. The number of nitrogens with two attached hydrogens (primary N) is 6. The van der Waals surface area contributed by atoms with E-state index in [1.54, 1.807) is 99.6 Å². The number of nitrogens with one attached hydrogen (secondary N) is 12. The van der Waals surface area contributed by atoms with E-state index in [0.717, 1.165) is 0 Å². The summed E-state index contributed by atoms with van der Waals surface area (Å²) in [5.41, 5.74) is 34.5. The summed E-state index contributed by atoms with van der Waals surface area (Å²) < 4.78 is 0. The number of carbonyl (C=O) groups is 15. The molecule has 36 heteroatoms. The zero-order valence-electron chi connectivity index (χ0n) is 65.3. The first kappa shape index (κ1) is 95.6. The fourth-order valence-electron chi connectivity index (χ4n) is 11.2. The second-order valence-corrected chi connectivity index (χ2v) is 28.6. The van der Waals surface area contributed by atoms with Gasteiger partial charge in [-0.2, -0.15) is 0 Å². The van der Waals surface area contributed by atoms with Gasteiger partial charge in [0.25, 0.3) is 0 Å². The molecule has 2 aromatic rings. The van der Waals surface area contributed by atoms with Crippen molar-refractivity contribution in [2.24, 2.45) is 69.0 Å². The van der Waals surface area contributed by atoms with Crippen LogP contribution >= 0.6 is 0 Å². The van der Waals surface area contributed by atoms with Crippen LogP contribution in [0.2, 0.25) is 0 Å². The molecule has 614 valence electrons. The van der Waals surface area contributed by atoms with Crippen molar-refractivity contribution < 1.29 is 82.1 Å². The molecule has 0 aromatic heterocycles. The molecule has 36 nitrogen and oxygen atoms in total. The Kier molecular flexibility index (Phi) is 42.4. The third kappa shape index (κ3) is 34.0. The lowest BCUT2D eigenvalue weighted by molar-refractivity contribution is -0.142. The minimum atomic E-state index is -1.62. The Morgan fingerprint density at radius 2 is 0.727 bits per heavy atom. The van der Waals surface area contributed by atoms with E-state index in [2.05, 4.69) is 68.8 Å². The van der Waals surface area contributed by atoms with Gasteiger partial charge < -0.3 is 108 Å². The Morgan fingerprint density at radius 3 is 1.15 bits per heavy atom. The van der Waals surface area contributed by atoms with Crippen molar-refractivity contribution in [1.82, 2.24) is 63.8 Å². The number of carboxylic acid groups (broad SMARTS) is 1. The molecule has 0 heterocycles. The summed E-state index contributed by atoms with van der Waals surface area (Å²) in [5.74, 6) is -16.8. The van der Waals surface area contributed by atoms with Gasteiger partial charge in [0.2, 0.25) is 82.7 Å². The fraction of sp³-hybridized carbons (Fsp3) is 0.622. The van der Waals surface area contributed by atoms with E-state index in [-0.39, 0.29) is 63.3 Å². The first-order valence-corrected chi connectivity index (χ1v) is 37.5. The molecule has 0 saturated heterocycles. The Hall–Kier alpha value is -10.5. The van der Waals surface area contributed by atoms with Crippen LogP contribution in [0.1, 0.15) is 171 Å². The van der Waals surface area contributed by atoms with Crippen LogP contribution in [0.15, 0.2) is 59.6 Å². The third-order valence-electron chi connectivity index (χ3n) is 18.8. The number of aliphatic imine (C=N–C) groups is 1. The highest BCUT2D eigenvalue weighted by molar-refractivity contribution is 6.00. The maximum atomic E-state index is 14.8. The van der Waals surface area contributed by atoms with Gasteiger partial charge in [-0.1, -0.05) is 131 Å². The van der Waals surface area contributed by atoms with E-state index < -0.39 is 210 Å². The van der Waals surface area contributed by atoms with E-state index in [1.807, 2.05) is 0 Å². The maximum absolute atomic E-state index is 14.8. The van der Waals surface area contributed by atoms with Crippen LogP contribution in [0.25, 0.3) is 0 Å². The van der Waals surface area contributed by atoms with Gasteiger partial charge in [-0.25, -0.2) is 0 Å². The van der Waals surface area contributed by atoms with Crippen molar-refractivity contribution in [1.29, 1.82) is 0 Å². The molecule has 110 heavy (non-hydrogen) atoms. The second kappa shape index (κ2) is 48.8. The van der Waals surface area contributed by atoms with Crippen molar-refractivity contribution in [3.8, 4) is 5.75 Å². The molecular formula is C74H121N19O17. The summed E-state index contributed by atoms with van der Waals surface area (Å²) in [6.45, 7) is 19.7. The average Bonchev–Trinajstić information content (AvgIpc) is 0.863. The van der Waals surface area contributed by atoms with Crippen molar-refractivity contribution in [3.05, 3.63) is 65.7 Å². The Morgan fingerprint density at radius 1 is 0.382 bits per heavy atom. The van der Waals surface area contributed by atoms with Gasteiger partial charge in [0, 0.05) is 32.2 Å². The smallest absolute Gasteiger partial charge is 0.325 e. The highest BCUT2D eigenvalue weighted by Gasteiger charge is 2.40. The van der Waals surface area contributed by atoms with Crippen LogP contribution < -0.4 is 98.2 Å². The van der Waals surface area contributed by atoms with Gasteiger partial charge in [-0.3, -0.25) is 76.9 Å². The second-order valence-electron chi connectivity index (χ2n) is 28.6. The van der Waals surface area contributed by atoms with Gasteiger partial charge in [0.05, 0.1) is 6.04 Å². The molecule has 0 unspecified atom stereocenters. The molecule has 0 saturated carbocycles. The normalized spacial score (nSPS) is 15.6. The monoisotopic (exact) mass is 1550 g/mol. The summed E-state index contributed by atoms with van der Waals surface area (Å²) >= 11 is 0. The highest BCUT2D eigenvalue weighted by Crippen LogP contribution is 2.19. The zero-order valence-corrected chi connectivity index (χ0v) is 65.3. The lowest BCUT2D eigenvalue weighted by Gasteiger charge is -2.32. The van der Waals surface area contributed by atoms with Crippen LogP contribution in [0.3, 0.4) is 0 Å². The standard InChI is InChI=1S/C74H121N19O17/c1-13-40(8)58(70(106)86-49(25-19-20-34-75)63(99)83-44(12)73(109)110)92-72(108)60(42(10)15-3)93-71(107)59(41(9)14-2)91-67(103)53(37-46-26-28-47(94)29-27-46)87-61(97)43(11)82-68(104)56(38(4)5)89-65(101)51(31-33-55(78)96)85-66(102)52(36-45-22-17-16-18-23-45)88-69(105)57(39(6)7)90-64(100)50(30-32-54(77)95)84-62(98)48(76)24-21-35-81-74(79)80/h16-18,22-23,26-29,38-44,48-53,56-60,94H,13-15,19-21,24-25,30-37,75-76H2,1-12H3,(H2,77,95)(H2,78,96)(H,82,104)(H,83,99)(H,84,98)(H,85,102)(H,86,106)(H,87,97)(H,88,105)(H,89,101)(H,90,100)(H,91,103)(H,92,108)(H,93,107)(H,109,110)(H4,79,80,81)/t40-,41-,42-,43-,44-,48-,49-,50-,51-,52-,53-,56-,57-,58-,59-,60-/m0/s1. The van der Waals surface area contributed by atoms with E-state index in [1.165, 1.54) is 38.1 Å². The molecule has 0 spiro atoms. The Labute approximate surface area is 643 Å². The number of aliphatic carboxylic acids is 1. The topological polar surface area (TPSA) is 609 Å². The van der Waals surface area contributed by atoms with Crippen LogP contribution in [-0.4, -0.2) is 196 Å². The molecule has 2 aromatic carbocycles. The first-order valence-electron chi connectivity index (χ1n) is 37.5. The number of benzene rings is 2. The van der Waals surface area contributed by atoms with Crippen molar-refractivity contribution in [3.63, 3.8) is 0 Å². The number of nitrogens with zero attached hydrogens (tertiary/aromatic N) is 1. The number of hydrogen-bond donors (Lipinski definition) is 20. The number of phenols is 1. The van der Waals surface area contributed by atoms with Crippen LogP contribution in [0.4, 0.5) is 0 Å². The van der Waals surface area contributed by atoms with Gasteiger partial charge in [-0.15, -0.1) is 0 Å². The molecule has 0 aliphatic heterocycles. The zero-order chi connectivity index (χ0) is 83.2. The van der Waals surface area contributed by atoms with E-state index >= 15 is 0 Å². The number of guanidine groups is 1. The SMILES string of the molecule is CC[C@H](C)[C@H](NC(=O)[C@H](Cc1ccc(O)cc1)NC(=O)[C@H](C)NC(=O)[C@@H](NC(=O)[C@H](CCC(N)=O)NC(=O)[C@H](Cc1ccccc1)NC(=O)[C@@H](NC(=O)[C@H](CCC(N)=O)NC(=O)[C@@H](N)CCCN=C(N)N)C(C)C)C(C)C)C(=O)N[C@H](C(=O)N[C@H](C(=O)N[C@@H](CCCCN)C(=O)N[C@@H](C)C(=O)O)[C@@H](C)CC)[C@@H](C)CC. The van der Waals surface area contributed by atoms with Gasteiger partial charge in [0.15, 0.2) is 5.96 Å². The largest absolute Gasteiger partial charge is 0.508 e. The molecule has 0 aliphatic rings. The predicted octanol–water partition coefficient (Wildman–Crippen LogP) is -2.39. The minimum absolute atomic E-state index is 0.101. The maximum Gasteiger partial charge on any atom is 0.325 e. The van der Waals surface area contributed by atoms with E-state index in [0.29, 0.717) is 49.7 Å². The average molecular weight is 1550 g/mol. The number of rotatable bonds is 51.